The van der Waals surface area contributed by atoms with Crippen LogP contribution in [-0.4, -0.2) is 50.0 Å². The summed E-state index contributed by atoms with van der Waals surface area (Å²) < 4.78 is 1.97. The van der Waals surface area contributed by atoms with Gasteiger partial charge in [0, 0.05) is 37.8 Å². The molecule has 4 heterocycles. The SMILES string of the molecule is O=C(C1CCN(c2ccccc2[N+](=O)[O-])CC1)N1CCC[C@@H]1c1nnc2ccccn12. The van der Waals surface area contributed by atoms with Crippen LogP contribution in [0.3, 0.4) is 0 Å². The number of hydrogen-bond donors (Lipinski definition) is 0. The fourth-order valence-corrected chi connectivity index (χ4v) is 4.87. The molecule has 1 atom stereocenters. The van der Waals surface area contributed by atoms with Crippen molar-refractivity contribution >= 4 is 22.9 Å². The van der Waals surface area contributed by atoms with Crippen LogP contribution in [0, 0.1) is 16.0 Å². The van der Waals surface area contributed by atoms with Crippen molar-refractivity contribution in [3.63, 3.8) is 0 Å². The zero-order chi connectivity index (χ0) is 21.4. The fraction of sp³-hybridized carbons (Fsp3) is 0.409. The highest BCUT2D eigenvalue weighted by atomic mass is 16.6. The number of carbonyl (C=O) groups excluding carboxylic acids is 1. The monoisotopic (exact) mass is 420 g/mol. The van der Waals surface area contributed by atoms with Gasteiger partial charge in [-0.15, -0.1) is 10.2 Å². The molecule has 9 heteroatoms. The average Bonchev–Trinajstić information content (AvgIpc) is 3.45. The van der Waals surface area contributed by atoms with Gasteiger partial charge in [0.1, 0.15) is 5.69 Å². The Balaban J connectivity index is 1.30. The number of carbonyl (C=O) groups is 1. The molecule has 0 unspecified atom stereocenters. The number of likely N-dealkylation sites (tertiary alicyclic amines) is 1. The summed E-state index contributed by atoms with van der Waals surface area (Å²) in [6, 6.07) is 12.5. The minimum absolute atomic E-state index is 0.0573. The maximum absolute atomic E-state index is 13.4. The van der Waals surface area contributed by atoms with Crippen molar-refractivity contribution in [1.29, 1.82) is 0 Å². The van der Waals surface area contributed by atoms with Gasteiger partial charge in [-0.3, -0.25) is 19.3 Å². The van der Waals surface area contributed by atoms with Crippen LogP contribution in [0.4, 0.5) is 11.4 Å². The van der Waals surface area contributed by atoms with E-state index in [0.29, 0.717) is 31.6 Å². The van der Waals surface area contributed by atoms with E-state index in [1.54, 1.807) is 12.1 Å². The minimum Gasteiger partial charge on any atom is -0.366 e. The van der Waals surface area contributed by atoms with Gasteiger partial charge in [0.25, 0.3) is 5.69 Å². The van der Waals surface area contributed by atoms with Gasteiger partial charge in [-0.05, 0) is 43.9 Å². The number of anilines is 1. The summed E-state index contributed by atoms with van der Waals surface area (Å²) in [6.45, 7) is 2.00. The van der Waals surface area contributed by atoms with Gasteiger partial charge >= 0.3 is 0 Å². The van der Waals surface area contributed by atoms with Crippen molar-refractivity contribution in [3.05, 3.63) is 64.6 Å². The molecule has 2 fully saturated rings. The largest absolute Gasteiger partial charge is 0.366 e. The van der Waals surface area contributed by atoms with Crippen molar-refractivity contribution in [2.75, 3.05) is 24.5 Å². The molecule has 0 saturated carbocycles. The highest BCUT2D eigenvalue weighted by Gasteiger charge is 2.38. The molecule has 1 amide bonds. The predicted octanol–water partition coefficient (Wildman–Crippen LogP) is 3.22. The number of nitrogens with zero attached hydrogens (tertiary/aromatic N) is 6. The van der Waals surface area contributed by atoms with Crippen LogP contribution in [0.1, 0.15) is 37.5 Å². The number of pyridine rings is 1. The Kier molecular flexibility index (Phi) is 5.01. The minimum atomic E-state index is -0.343. The Bertz CT molecular complexity index is 1120. The van der Waals surface area contributed by atoms with Crippen molar-refractivity contribution in [3.8, 4) is 0 Å². The van der Waals surface area contributed by atoms with E-state index in [2.05, 4.69) is 10.2 Å². The summed E-state index contributed by atoms with van der Waals surface area (Å²) in [7, 11) is 0. The Morgan fingerprint density at radius 2 is 1.77 bits per heavy atom. The van der Waals surface area contributed by atoms with E-state index in [1.165, 1.54) is 6.07 Å². The fourth-order valence-electron chi connectivity index (χ4n) is 4.87. The molecule has 31 heavy (non-hydrogen) atoms. The molecule has 2 aromatic heterocycles. The number of nitro groups is 1. The van der Waals surface area contributed by atoms with Crippen molar-refractivity contribution in [2.45, 2.75) is 31.7 Å². The molecule has 0 bridgehead atoms. The number of aromatic nitrogens is 3. The maximum atomic E-state index is 13.4. The molecular formula is C22H24N6O3. The average molecular weight is 420 g/mol. The van der Waals surface area contributed by atoms with Crippen LogP contribution in [0.25, 0.3) is 5.65 Å². The molecule has 9 nitrogen and oxygen atoms in total. The highest BCUT2D eigenvalue weighted by Crippen LogP contribution is 2.36. The third-order valence-corrected chi connectivity index (χ3v) is 6.44. The molecule has 0 aliphatic carbocycles. The van der Waals surface area contributed by atoms with E-state index < -0.39 is 0 Å². The molecule has 2 aliphatic rings. The Morgan fingerprint density at radius 1 is 1.00 bits per heavy atom. The van der Waals surface area contributed by atoms with E-state index in [0.717, 1.165) is 30.9 Å². The van der Waals surface area contributed by atoms with Gasteiger partial charge in [0.05, 0.1) is 11.0 Å². The van der Waals surface area contributed by atoms with Crippen molar-refractivity contribution in [2.24, 2.45) is 5.92 Å². The van der Waals surface area contributed by atoms with Gasteiger partial charge in [0.2, 0.25) is 5.91 Å². The Hall–Kier alpha value is -3.49. The third-order valence-electron chi connectivity index (χ3n) is 6.44. The second-order valence-corrected chi connectivity index (χ2v) is 8.18. The smallest absolute Gasteiger partial charge is 0.292 e. The summed E-state index contributed by atoms with van der Waals surface area (Å²) in [5, 5.41) is 20.0. The molecule has 3 aromatic rings. The molecule has 0 radical (unpaired) electrons. The standard InChI is InChI=1S/C22H24N6O3/c29-22(16-10-14-25(15-11-16)17-6-1-2-7-18(17)28(30)31)26-13-5-8-19(26)21-24-23-20-9-3-4-12-27(20)21/h1-4,6-7,9,12,16,19H,5,8,10-11,13-15H2/t19-/m1/s1. The zero-order valence-corrected chi connectivity index (χ0v) is 17.1. The van der Waals surface area contributed by atoms with Crippen molar-refractivity contribution in [1.82, 2.24) is 19.5 Å². The van der Waals surface area contributed by atoms with Gasteiger partial charge in [-0.1, -0.05) is 18.2 Å². The summed E-state index contributed by atoms with van der Waals surface area (Å²) >= 11 is 0. The van der Waals surface area contributed by atoms with Crippen LogP contribution in [-0.2, 0) is 4.79 Å². The Morgan fingerprint density at radius 3 is 2.58 bits per heavy atom. The number of benzene rings is 1. The van der Waals surface area contributed by atoms with E-state index >= 15 is 0 Å². The van der Waals surface area contributed by atoms with E-state index in [1.807, 2.05) is 44.7 Å². The van der Waals surface area contributed by atoms with Crippen molar-refractivity contribution < 1.29 is 9.72 Å². The van der Waals surface area contributed by atoms with E-state index in [4.69, 9.17) is 0 Å². The van der Waals surface area contributed by atoms with Gasteiger partial charge in [-0.2, -0.15) is 0 Å². The van der Waals surface area contributed by atoms with Gasteiger partial charge in [0.15, 0.2) is 11.5 Å². The number of rotatable bonds is 4. The first-order valence-electron chi connectivity index (χ1n) is 10.7. The van der Waals surface area contributed by atoms with Crippen LogP contribution in [0.2, 0.25) is 0 Å². The van der Waals surface area contributed by atoms with Crippen LogP contribution in [0.5, 0.6) is 0 Å². The molecule has 0 N–H and O–H groups in total. The summed E-state index contributed by atoms with van der Waals surface area (Å²) in [5.41, 5.74) is 1.53. The van der Waals surface area contributed by atoms with E-state index in [-0.39, 0.29) is 28.5 Å². The number of nitro benzene ring substituents is 1. The maximum Gasteiger partial charge on any atom is 0.292 e. The molecule has 2 saturated heterocycles. The number of para-hydroxylation sites is 2. The first kappa shape index (κ1) is 19.5. The molecular weight excluding hydrogens is 396 g/mol. The zero-order valence-electron chi connectivity index (χ0n) is 17.1. The Labute approximate surface area is 179 Å². The molecule has 160 valence electrons. The topological polar surface area (TPSA) is 96.9 Å². The first-order chi connectivity index (χ1) is 15.1. The number of fused-ring (bicyclic) bond motifs is 1. The van der Waals surface area contributed by atoms with Gasteiger partial charge < -0.3 is 9.80 Å². The van der Waals surface area contributed by atoms with Crippen LogP contribution >= 0.6 is 0 Å². The quantitative estimate of drug-likeness (QED) is 0.475. The lowest BCUT2D eigenvalue weighted by atomic mass is 9.94. The van der Waals surface area contributed by atoms with E-state index in [9.17, 15) is 14.9 Å². The predicted molar refractivity (Wildman–Crippen MR) is 115 cm³/mol. The molecule has 1 aromatic carbocycles. The lowest BCUT2D eigenvalue weighted by molar-refractivity contribution is -0.384. The summed E-state index contributed by atoms with van der Waals surface area (Å²) in [5.74, 6) is 0.912. The number of piperidine rings is 1. The molecule has 5 rings (SSSR count). The lowest BCUT2D eigenvalue weighted by Gasteiger charge is -2.35. The highest BCUT2D eigenvalue weighted by molar-refractivity contribution is 5.80. The number of amides is 1. The second kappa shape index (κ2) is 7.98. The summed E-state index contributed by atoms with van der Waals surface area (Å²) in [6.07, 6.45) is 5.16. The second-order valence-electron chi connectivity index (χ2n) is 8.18. The number of hydrogen-bond acceptors (Lipinski definition) is 6. The van der Waals surface area contributed by atoms with Crippen LogP contribution in [0.15, 0.2) is 48.7 Å². The summed E-state index contributed by atoms with van der Waals surface area (Å²) in [4.78, 5) is 28.4. The molecule has 2 aliphatic heterocycles. The third kappa shape index (κ3) is 3.49. The van der Waals surface area contributed by atoms with Crippen LogP contribution < -0.4 is 4.90 Å². The lowest BCUT2D eigenvalue weighted by Crippen LogP contribution is -2.42. The first-order valence-corrected chi connectivity index (χ1v) is 10.7. The van der Waals surface area contributed by atoms with Gasteiger partial charge in [-0.25, -0.2) is 0 Å². The normalized spacial score (nSPS) is 19.8. The molecule has 0 spiro atoms.